The summed E-state index contributed by atoms with van der Waals surface area (Å²) < 4.78 is 5.12. The van der Waals surface area contributed by atoms with Gasteiger partial charge in [0.2, 0.25) is 0 Å². The van der Waals surface area contributed by atoms with E-state index in [1.54, 1.807) is 12.1 Å². The normalized spacial score (nSPS) is 10.4. The number of aromatic carboxylic acids is 1. The molecule has 0 atom stereocenters. The van der Waals surface area contributed by atoms with E-state index < -0.39 is 5.97 Å². The highest BCUT2D eigenvalue weighted by molar-refractivity contribution is 5.90. The van der Waals surface area contributed by atoms with Crippen molar-refractivity contribution in [2.75, 3.05) is 27.2 Å². The number of quaternary nitrogens is 1. The number of likely N-dealkylation sites (N-methyl/N-ethyl adjacent to an activating group) is 1. The van der Waals surface area contributed by atoms with Gasteiger partial charge in [0.15, 0.2) is 0 Å². The van der Waals surface area contributed by atoms with Gasteiger partial charge in [-0.25, -0.2) is 0 Å². The van der Waals surface area contributed by atoms with Crippen LogP contribution in [-0.2, 0) is 4.79 Å². The van der Waals surface area contributed by atoms with Crippen LogP contribution in [-0.4, -0.2) is 44.3 Å². The number of carboxylic acids is 1. The highest BCUT2D eigenvalue weighted by Gasteiger charge is 2.09. The van der Waals surface area contributed by atoms with Crippen LogP contribution in [0.2, 0.25) is 0 Å². The number of aliphatic hydroxyl groups is 1. The summed E-state index contributed by atoms with van der Waals surface area (Å²) in [4.78, 5) is 24.0. The van der Waals surface area contributed by atoms with Crippen molar-refractivity contribution in [3.8, 4) is 5.75 Å². The third kappa shape index (κ3) is 15.7. The first-order valence-electron chi connectivity index (χ1n) is 10.8. The third-order valence-corrected chi connectivity index (χ3v) is 4.43. The molecule has 6 heteroatoms. The molecule has 1 aromatic carbocycles. The van der Waals surface area contributed by atoms with Crippen molar-refractivity contribution in [3.05, 3.63) is 29.8 Å². The van der Waals surface area contributed by atoms with E-state index in [1.807, 2.05) is 14.1 Å². The predicted molar refractivity (Wildman–Crippen MR) is 113 cm³/mol. The van der Waals surface area contributed by atoms with Gasteiger partial charge in [0.1, 0.15) is 12.3 Å². The number of esters is 1. The summed E-state index contributed by atoms with van der Waals surface area (Å²) in [6, 6.07) is 6.05. The van der Waals surface area contributed by atoms with E-state index in [-0.39, 0.29) is 17.3 Å². The van der Waals surface area contributed by atoms with E-state index in [1.165, 1.54) is 55.6 Å². The number of para-hydroxylation sites is 1. The maximum absolute atomic E-state index is 11.8. The molecule has 0 unspecified atom stereocenters. The van der Waals surface area contributed by atoms with Gasteiger partial charge < -0.3 is 24.6 Å². The topological polar surface area (TPSA) is 91.1 Å². The smallest absolute Gasteiger partial charge is 0.311 e. The van der Waals surface area contributed by atoms with Crippen molar-refractivity contribution in [2.24, 2.45) is 0 Å². The Hall–Kier alpha value is -1.92. The standard InChI is InChI=1S/C19H28O4.C4H11NO/c1-2-3-4-5-6-7-8-9-10-15-18(20)23-17-14-12-11-13-16(17)19(21)22;1-5(2)3-4-6/h11-14H,2-10,15H2,1H3,(H,21,22);6H,3-4H2,1-2H3. The first-order chi connectivity index (χ1) is 13.9. The molecule has 0 spiro atoms. The first-order valence-corrected chi connectivity index (χ1v) is 10.8. The lowest BCUT2D eigenvalue weighted by atomic mass is 10.1. The molecule has 0 amide bonds. The van der Waals surface area contributed by atoms with Crippen LogP contribution in [0.1, 0.15) is 81.5 Å². The number of nitrogens with one attached hydrogen (secondary N) is 1. The Kier molecular flexibility index (Phi) is 16.9. The summed E-state index contributed by atoms with van der Waals surface area (Å²) in [7, 11) is 4.02. The van der Waals surface area contributed by atoms with Gasteiger partial charge in [-0.2, -0.15) is 0 Å². The fourth-order valence-electron chi connectivity index (χ4n) is 2.70. The first kappa shape index (κ1) is 27.1. The molecular formula is C23H39NO5. The van der Waals surface area contributed by atoms with E-state index in [0.29, 0.717) is 13.0 Å². The molecule has 0 radical (unpaired) electrons. The summed E-state index contributed by atoms with van der Waals surface area (Å²) in [5, 5.41) is 19.1. The number of benzene rings is 1. The molecule has 0 bridgehead atoms. The zero-order valence-corrected chi connectivity index (χ0v) is 18.4. The Morgan fingerprint density at radius 1 is 0.966 bits per heavy atom. The number of rotatable bonds is 14. The lowest BCUT2D eigenvalue weighted by Crippen LogP contribution is -3.06. The molecule has 2 N–H and O–H groups in total. The average molecular weight is 410 g/mol. The van der Waals surface area contributed by atoms with Crippen molar-refractivity contribution in [3.63, 3.8) is 0 Å². The molecule has 0 heterocycles. The van der Waals surface area contributed by atoms with Crippen LogP contribution in [0.3, 0.4) is 0 Å². The second-order valence-electron chi connectivity index (χ2n) is 7.52. The number of carbonyl (C=O) groups excluding carboxylic acids is 2. The van der Waals surface area contributed by atoms with E-state index in [9.17, 15) is 14.7 Å². The Morgan fingerprint density at radius 2 is 1.52 bits per heavy atom. The van der Waals surface area contributed by atoms with E-state index >= 15 is 0 Å². The van der Waals surface area contributed by atoms with E-state index in [4.69, 9.17) is 9.84 Å². The minimum atomic E-state index is -1.34. The van der Waals surface area contributed by atoms with E-state index in [0.717, 1.165) is 25.8 Å². The van der Waals surface area contributed by atoms with Gasteiger partial charge in [-0.05, 0) is 18.6 Å². The highest BCUT2D eigenvalue weighted by atomic mass is 16.5. The van der Waals surface area contributed by atoms with Crippen LogP contribution in [0.5, 0.6) is 5.75 Å². The minimum absolute atomic E-state index is 0.0634. The van der Waals surface area contributed by atoms with E-state index in [2.05, 4.69) is 6.92 Å². The molecule has 0 aliphatic heterocycles. The Bertz CT molecular complexity index is 560. The van der Waals surface area contributed by atoms with Gasteiger partial charge in [0.25, 0.3) is 0 Å². The Morgan fingerprint density at radius 3 is 2.00 bits per heavy atom. The van der Waals surface area contributed by atoms with Gasteiger partial charge >= 0.3 is 5.97 Å². The molecular weight excluding hydrogens is 370 g/mol. The maximum atomic E-state index is 11.8. The monoisotopic (exact) mass is 409 g/mol. The summed E-state index contributed by atoms with van der Waals surface area (Å²) in [6.07, 6.45) is 10.9. The molecule has 0 saturated carbocycles. The molecule has 0 fully saturated rings. The minimum Gasteiger partial charge on any atom is -0.545 e. The molecule has 0 aliphatic rings. The SMILES string of the molecule is CCCCCCCCCCCC(=O)Oc1ccccc1C(=O)[O-].C[NH+](C)CCO. The lowest BCUT2D eigenvalue weighted by Gasteiger charge is -2.10. The number of aliphatic hydroxyl groups excluding tert-OH is 1. The average Bonchev–Trinajstić information content (AvgIpc) is 2.67. The van der Waals surface area contributed by atoms with Crippen molar-refractivity contribution in [1.29, 1.82) is 0 Å². The van der Waals surface area contributed by atoms with Crippen LogP contribution in [0, 0.1) is 0 Å². The Balaban J connectivity index is 0.00000113. The molecule has 0 aromatic heterocycles. The largest absolute Gasteiger partial charge is 0.545 e. The quantitative estimate of drug-likeness (QED) is 0.279. The fraction of sp³-hybridized carbons (Fsp3) is 0.652. The van der Waals surface area contributed by atoms with Crippen LogP contribution in [0.4, 0.5) is 0 Å². The van der Waals surface area contributed by atoms with Crippen LogP contribution >= 0.6 is 0 Å². The van der Waals surface area contributed by atoms with Gasteiger partial charge in [0, 0.05) is 12.0 Å². The highest BCUT2D eigenvalue weighted by Crippen LogP contribution is 2.18. The van der Waals surface area contributed by atoms with Crippen molar-refractivity contribution >= 4 is 11.9 Å². The maximum Gasteiger partial charge on any atom is 0.311 e. The number of ether oxygens (including phenoxy) is 1. The lowest BCUT2D eigenvalue weighted by molar-refractivity contribution is -0.858. The summed E-state index contributed by atoms with van der Waals surface area (Å²) >= 11 is 0. The zero-order valence-electron chi connectivity index (χ0n) is 18.4. The number of hydrogen-bond acceptors (Lipinski definition) is 5. The number of hydrogen-bond donors (Lipinski definition) is 2. The number of carbonyl (C=O) groups is 2. The van der Waals surface area contributed by atoms with Gasteiger partial charge in [-0.1, -0.05) is 70.4 Å². The molecule has 1 aromatic rings. The van der Waals surface area contributed by atoms with Gasteiger partial charge in [-0.3, -0.25) is 4.79 Å². The van der Waals surface area contributed by atoms with Crippen LogP contribution in [0.15, 0.2) is 24.3 Å². The van der Waals surface area contributed by atoms with Crippen molar-refractivity contribution in [1.82, 2.24) is 0 Å². The predicted octanol–water partition coefficient (Wildman–Crippen LogP) is 2.00. The summed E-state index contributed by atoms with van der Waals surface area (Å²) in [5.74, 6) is -1.66. The summed E-state index contributed by atoms with van der Waals surface area (Å²) in [5.41, 5.74) is -0.0899. The van der Waals surface area contributed by atoms with Gasteiger partial charge in [0.05, 0.1) is 26.7 Å². The van der Waals surface area contributed by atoms with Gasteiger partial charge in [-0.15, -0.1) is 0 Å². The Labute approximate surface area is 175 Å². The number of unbranched alkanes of at least 4 members (excludes halogenated alkanes) is 8. The fourth-order valence-corrected chi connectivity index (χ4v) is 2.70. The number of carboxylic acid groups (broad SMARTS) is 1. The molecule has 6 nitrogen and oxygen atoms in total. The second-order valence-corrected chi connectivity index (χ2v) is 7.52. The second kappa shape index (κ2) is 18.1. The zero-order chi connectivity index (χ0) is 21.9. The summed E-state index contributed by atoms with van der Waals surface area (Å²) in [6.45, 7) is 3.35. The molecule has 1 rings (SSSR count). The molecule has 29 heavy (non-hydrogen) atoms. The molecule has 0 saturated heterocycles. The molecule has 166 valence electrons. The van der Waals surface area contributed by atoms with Crippen LogP contribution in [0.25, 0.3) is 0 Å². The van der Waals surface area contributed by atoms with Crippen molar-refractivity contribution in [2.45, 2.75) is 71.1 Å². The molecule has 0 aliphatic carbocycles. The third-order valence-electron chi connectivity index (χ3n) is 4.43. The van der Waals surface area contributed by atoms with Crippen LogP contribution < -0.4 is 14.7 Å². The van der Waals surface area contributed by atoms with Crippen molar-refractivity contribution < 1.29 is 29.4 Å².